The van der Waals surface area contributed by atoms with Gasteiger partial charge < -0.3 is 25.8 Å². The number of nitrogens with one attached hydrogen (secondary N) is 3. The lowest BCUT2D eigenvalue weighted by atomic mass is 9.96. The molecule has 1 amide bonds. The summed E-state index contributed by atoms with van der Waals surface area (Å²) in [6, 6.07) is 16.9. The van der Waals surface area contributed by atoms with Crippen LogP contribution in [-0.4, -0.2) is 80.9 Å². The molecule has 212 valence electrons. The molecule has 1 fully saturated rings. The van der Waals surface area contributed by atoms with Gasteiger partial charge in [0.15, 0.2) is 5.82 Å². The van der Waals surface area contributed by atoms with Crippen molar-refractivity contribution >= 4 is 34.9 Å². The summed E-state index contributed by atoms with van der Waals surface area (Å²) in [4.78, 5) is 39.8. The quantitative estimate of drug-likeness (QED) is 0.262. The van der Waals surface area contributed by atoms with Crippen molar-refractivity contribution in [1.29, 1.82) is 0 Å². The van der Waals surface area contributed by atoms with Crippen molar-refractivity contribution < 1.29 is 4.79 Å². The first-order valence-corrected chi connectivity index (χ1v) is 13.8. The third kappa shape index (κ3) is 8.03. The van der Waals surface area contributed by atoms with Crippen LogP contribution in [0.15, 0.2) is 67.0 Å². The molecule has 41 heavy (non-hydrogen) atoms. The van der Waals surface area contributed by atoms with E-state index in [4.69, 9.17) is 0 Å². The number of aromatic nitrogens is 5. The van der Waals surface area contributed by atoms with Crippen LogP contribution in [0, 0.1) is 12.8 Å². The average molecular weight is 553 g/mol. The van der Waals surface area contributed by atoms with Crippen LogP contribution in [0.25, 0.3) is 11.5 Å². The van der Waals surface area contributed by atoms with Crippen molar-refractivity contribution in [2.24, 2.45) is 5.92 Å². The van der Waals surface area contributed by atoms with Crippen LogP contribution < -0.4 is 16.0 Å². The van der Waals surface area contributed by atoms with Gasteiger partial charge in [0, 0.05) is 48.5 Å². The molecule has 5 rings (SSSR count). The van der Waals surface area contributed by atoms with Gasteiger partial charge in [0.1, 0.15) is 17.3 Å². The maximum atomic E-state index is 12.8. The maximum Gasteiger partial charge on any atom is 0.229 e. The third-order valence-electron chi connectivity index (χ3n) is 6.92. The number of likely N-dealkylation sites (tertiary alicyclic amines) is 1. The molecule has 1 aliphatic heterocycles. The minimum absolute atomic E-state index is 0.0473. The van der Waals surface area contributed by atoms with E-state index < -0.39 is 0 Å². The van der Waals surface area contributed by atoms with Crippen LogP contribution in [0.2, 0.25) is 0 Å². The Morgan fingerprint density at radius 2 is 1.59 bits per heavy atom. The lowest BCUT2D eigenvalue weighted by Crippen LogP contribution is -2.40. The van der Waals surface area contributed by atoms with Gasteiger partial charge in [-0.25, -0.2) is 19.9 Å². The van der Waals surface area contributed by atoms with E-state index in [0.717, 1.165) is 56.1 Å². The fraction of sp³-hybridized carbons (Fsp3) is 0.333. The van der Waals surface area contributed by atoms with Crippen molar-refractivity contribution in [3.63, 3.8) is 0 Å². The number of carbonyl (C=O) groups excluding carboxylic acids is 1. The van der Waals surface area contributed by atoms with E-state index >= 15 is 0 Å². The summed E-state index contributed by atoms with van der Waals surface area (Å²) < 4.78 is 0. The molecule has 4 heterocycles. The van der Waals surface area contributed by atoms with Crippen LogP contribution in [0.3, 0.4) is 0 Å². The molecule has 11 heteroatoms. The van der Waals surface area contributed by atoms with Crippen LogP contribution in [-0.2, 0) is 4.79 Å². The fourth-order valence-corrected chi connectivity index (χ4v) is 4.61. The molecule has 1 aromatic carbocycles. The zero-order chi connectivity index (χ0) is 28.6. The first kappa shape index (κ1) is 28.1. The molecule has 1 aliphatic rings. The summed E-state index contributed by atoms with van der Waals surface area (Å²) in [5.41, 5.74) is 3.19. The summed E-state index contributed by atoms with van der Waals surface area (Å²) in [5, 5.41) is 9.50. The Labute approximate surface area is 240 Å². The number of amides is 1. The third-order valence-corrected chi connectivity index (χ3v) is 6.92. The van der Waals surface area contributed by atoms with E-state index in [1.54, 1.807) is 24.5 Å². The molecular weight excluding hydrogens is 516 g/mol. The van der Waals surface area contributed by atoms with Crippen LogP contribution in [0.1, 0.15) is 18.5 Å². The molecule has 3 aromatic heterocycles. The largest absolute Gasteiger partial charge is 0.326 e. The van der Waals surface area contributed by atoms with Gasteiger partial charge >= 0.3 is 0 Å². The Balaban J connectivity index is 1.14. The van der Waals surface area contributed by atoms with E-state index in [1.165, 1.54) is 0 Å². The molecule has 0 bridgehead atoms. The highest BCUT2D eigenvalue weighted by atomic mass is 16.1. The number of anilines is 5. The van der Waals surface area contributed by atoms with Crippen molar-refractivity contribution in [3.05, 3.63) is 72.7 Å². The van der Waals surface area contributed by atoms with Crippen LogP contribution in [0.5, 0.6) is 0 Å². The van der Waals surface area contributed by atoms with Gasteiger partial charge in [-0.1, -0.05) is 6.07 Å². The van der Waals surface area contributed by atoms with Gasteiger partial charge in [0.05, 0.1) is 0 Å². The van der Waals surface area contributed by atoms with E-state index in [0.29, 0.717) is 29.1 Å². The number of aryl methyl sites for hydroxylation is 1. The highest BCUT2D eigenvalue weighted by molar-refractivity contribution is 5.92. The van der Waals surface area contributed by atoms with E-state index in [1.807, 2.05) is 49.4 Å². The Hall–Kier alpha value is -4.48. The summed E-state index contributed by atoms with van der Waals surface area (Å²) in [6.45, 7) is 5.95. The number of likely N-dealkylation sites (N-methyl/N-ethyl adjacent to an activating group) is 1. The Bertz CT molecular complexity index is 1450. The number of rotatable bonds is 10. The van der Waals surface area contributed by atoms with Crippen molar-refractivity contribution in [2.75, 3.05) is 56.2 Å². The van der Waals surface area contributed by atoms with Crippen molar-refractivity contribution in [2.45, 2.75) is 19.8 Å². The first-order chi connectivity index (χ1) is 19.9. The zero-order valence-electron chi connectivity index (χ0n) is 23.7. The first-order valence-electron chi connectivity index (χ1n) is 13.8. The number of pyridine rings is 1. The van der Waals surface area contributed by atoms with E-state index in [-0.39, 0.29) is 11.8 Å². The molecule has 4 aromatic rings. The lowest BCUT2D eigenvalue weighted by molar-refractivity contribution is -0.121. The number of hydrogen-bond donors (Lipinski definition) is 3. The topological polar surface area (TPSA) is 124 Å². The highest BCUT2D eigenvalue weighted by Crippen LogP contribution is 2.22. The number of carbonyl (C=O) groups is 1. The predicted octanol–water partition coefficient (Wildman–Crippen LogP) is 4.34. The molecule has 11 nitrogen and oxygen atoms in total. The molecule has 0 atom stereocenters. The van der Waals surface area contributed by atoms with Crippen LogP contribution >= 0.6 is 0 Å². The molecule has 0 spiro atoms. The van der Waals surface area contributed by atoms with Gasteiger partial charge in [-0.3, -0.25) is 4.79 Å². The van der Waals surface area contributed by atoms with Gasteiger partial charge in [0.2, 0.25) is 11.9 Å². The average Bonchev–Trinajstić information content (AvgIpc) is 2.98. The SMILES string of the molecule is Cc1cccc(-c2nccc(Nc3ccnc(Nc4ccc(NC(=O)C5CCN(CCN(C)C)CC5)cc4)n3)n2)n1. The number of nitrogens with zero attached hydrogens (tertiary/aromatic N) is 7. The molecule has 3 N–H and O–H groups in total. The fourth-order valence-electron chi connectivity index (χ4n) is 4.61. The number of hydrogen-bond acceptors (Lipinski definition) is 10. The van der Waals surface area contributed by atoms with Crippen molar-refractivity contribution in [1.82, 2.24) is 34.7 Å². The Morgan fingerprint density at radius 3 is 2.32 bits per heavy atom. The lowest BCUT2D eigenvalue weighted by Gasteiger charge is -2.31. The summed E-state index contributed by atoms with van der Waals surface area (Å²) >= 11 is 0. The molecule has 0 unspecified atom stereocenters. The molecular formula is C30H36N10O. The standard InChI is InChI=1S/C30H36N10O/c1-21-5-4-6-25(33-21)28-31-15-11-26(37-28)36-27-12-16-32-30(38-27)35-24-9-7-23(8-10-24)34-29(41)22-13-17-40(18-14-22)20-19-39(2)3/h4-12,15-16,22H,13-14,17-20H2,1-3H3,(H,34,41)(H2,31,32,35,36,37,38). The summed E-state index contributed by atoms with van der Waals surface area (Å²) in [5.74, 6) is 2.28. The Kier molecular flexibility index (Phi) is 9.07. The number of benzene rings is 1. The van der Waals surface area contributed by atoms with E-state index in [2.05, 4.69) is 64.8 Å². The van der Waals surface area contributed by atoms with Gasteiger partial charge in [-0.05, 0) is 95.5 Å². The normalized spacial score (nSPS) is 14.1. The second-order valence-corrected chi connectivity index (χ2v) is 10.4. The number of piperidine rings is 1. The Morgan fingerprint density at radius 1 is 0.878 bits per heavy atom. The van der Waals surface area contributed by atoms with Gasteiger partial charge in [-0.15, -0.1) is 0 Å². The van der Waals surface area contributed by atoms with Crippen molar-refractivity contribution in [3.8, 4) is 11.5 Å². The second-order valence-electron chi connectivity index (χ2n) is 10.4. The van der Waals surface area contributed by atoms with Gasteiger partial charge in [0.25, 0.3) is 0 Å². The molecule has 0 saturated carbocycles. The predicted molar refractivity (Wildman–Crippen MR) is 161 cm³/mol. The van der Waals surface area contributed by atoms with Gasteiger partial charge in [-0.2, -0.15) is 4.98 Å². The molecule has 0 radical (unpaired) electrons. The van der Waals surface area contributed by atoms with E-state index in [9.17, 15) is 4.79 Å². The minimum Gasteiger partial charge on any atom is -0.326 e. The smallest absolute Gasteiger partial charge is 0.229 e. The molecule has 1 saturated heterocycles. The summed E-state index contributed by atoms with van der Waals surface area (Å²) in [7, 11) is 4.18. The monoisotopic (exact) mass is 552 g/mol. The van der Waals surface area contributed by atoms with Crippen LogP contribution in [0.4, 0.5) is 29.0 Å². The second kappa shape index (κ2) is 13.2. The molecule has 0 aliphatic carbocycles. The highest BCUT2D eigenvalue weighted by Gasteiger charge is 2.24. The minimum atomic E-state index is 0.0473. The zero-order valence-corrected chi connectivity index (χ0v) is 23.7. The summed E-state index contributed by atoms with van der Waals surface area (Å²) in [6.07, 6.45) is 5.13. The maximum absolute atomic E-state index is 12.8.